The first kappa shape index (κ1) is 15.7. The van der Waals surface area contributed by atoms with Gasteiger partial charge in [0.25, 0.3) is 0 Å². The van der Waals surface area contributed by atoms with Crippen molar-refractivity contribution in [1.82, 2.24) is 9.97 Å². The molecular formula is C18H23N3O2. The molecule has 1 saturated heterocycles. The Morgan fingerprint density at radius 1 is 1.17 bits per heavy atom. The second-order valence-electron chi connectivity index (χ2n) is 6.02. The van der Waals surface area contributed by atoms with Crippen molar-refractivity contribution in [3.63, 3.8) is 0 Å². The van der Waals surface area contributed by atoms with E-state index in [4.69, 9.17) is 9.47 Å². The second-order valence-corrected chi connectivity index (χ2v) is 6.02. The number of benzene rings is 1. The highest BCUT2D eigenvalue weighted by Crippen LogP contribution is 2.35. The van der Waals surface area contributed by atoms with Gasteiger partial charge < -0.3 is 14.8 Å². The number of rotatable bonds is 5. The molecule has 2 heterocycles. The van der Waals surface area contributed by atoms with Crippen LogP contribution < -0.4 is 10.1 Å². The maximum Gasteiger partial charge on any atom is 0.129 e. The minimum absolute atomic E-state index is 0.0589. The minimum Gasteiger partial charge on any atom is -0.497 e. The second kappa shape index (κ2) is 6.96. The topological polar surface area (TPSA) is 56.3 Å². The maximum absolute atomic E-state index is 5.58. The van der Waals surface area contributed by atoms with Crippen molar-refractivity contribution in [2.45, 2.75) is 25.2 Å². The molecule has 1 aromatic heterocycles. The van der Waals surface area contributed by atoms with E-state index in [1.807, 2.05) is 25.1 Å². The number of nitrogens with one attached hydrogen (secondary N) is 1. The average molecular weight is 313 g/mol. The largest absolute Gasteiger partial charge is 0.497 e. The van der Waals surface area contributed by atoms with E-state index in [9.17, 15) is 0 Å². The van der Waals surface area contributed by atoms with Crippen molar-refractivity contribution in [2.24, 2.45) is 0 Å². The standard InChI is InChI=1S/C18H23N3O2/c1-14-11-17(21-13-20-14)19-12-18(7-9-23-10-8-18)15-3-5-16(22-2)6-4-15/h3-6,11,13H,7-10,12H2,1-2H3,(H,19,20,21). The van der Waals surface area contributed by atoms with Crippen LogP contribution in [0.1, 0.15) is 24.1 Å². The normalized spacial score (nSPS) is 16.8. The SMILES string of the molecule is COc1ccc(C2(CNc3cc(C)ncn3)CCOCC2)cc1. The van der Waals surface area contributed by atoms with E-state index in [2.05, 4.69) is 27.4 Å². The maximum atomic E-state index is 5.58. The van der Waals surface area contributed by atoms with Crippen LogP contribution in [0.25, 0.3) is 0 Å². The van der Waals surface area contributed by atoms with Crippen LogP contribution in [0.2, 0.25) is 0 Å². The molecule has 0 amide bonds. The molecular weight excluding hydrogens is 290 g/mol. The number of hydrogen-bond donors (Lipinski definition) is 1. The molecule has 1 aliphatic rings. The molecule has 1 fully saturated rings. The van der Waals surface area contributed by atoms with E-state index >= 15 is 0 Å². The average Bonchev–Trinajstić information content (AvgIpc) is 2.61. The Morgan fingerprint density at radius 3 is 2.57 bits per heavy atom. The molecule has 1 aliphatic heterocycles. The molecule has 3 rings (SSSR count). The van der Waals surface area contributed by atoms with Gasteiger partial charge in [-0.3, -0.25) is 0 Å². The van der Waals surface area contributed by atoms with Crippen molar-refractivity contribution in [3.8, 4) is 5.75 Å². The predicted molar refractivity (Wildman–Crippen MR) is 90.0 cm³/mol. The van der Waals surface area contributed by atoms with E-state index in [-0.39, 0.29) is 5.41 Å². The molecule has 23 heavy (non-hydrogen) atoms. The van der Waals surface area contributed by atoms with Gasteiger partial charge in [0.15, 0.2) is 0 Å². The Morgan fingerprint density at radius 2 is 1.91 bits per heavy atom. The van der Waals surface area contributed by atoms with E-state index in [0.717, 1.165) is 49.9 Å². The van der Waals surface area contributed by atoms with Crippen molar-refractivity contribution in [2.75, 3.05) is 32.2 Å². The summed E-state index contributed by atoms with van der Waals surface area (Å²) in [6.07, 6.45) is 3.59. The van der Waals surface area contributed by atoms with E-state index in [0.29, 0.717) is 0 Å². The first-order valence-corrected chi connectivity index (χ1v) is 7.97. The van der Waals surface area contributed by atoms with Gasteiger partial charge in [-0.15, -0.1) is 0 Å². The van der Waals surface area contributed by atoms with Gasteiger partial charge in [-0.25, -0.2) is 9.97 Å². The molecule has 1 aromatic carbocycles. The third kappa shape index (κ3) is 3.62. The number of nitrogens with zero attached hydrogens (tertiary/aromatic N) is 2. The highest BCUT2D eigenvalue weighted by molar-refractivity contribution is 5.39. The smallest absolute Gasteiger partial charge is 0.129 e. The summed E-state index contributed by atoms with van der Waals surface area (Å²) in [4.78, 5) is 8.45. The van der Waals surface area contributed by atoms with Crippen LogP contribution in [0.4, 0.5) is 5.82 Å². The molecule has 0 atom stereocenters. The number of ether oxygens (including phenoxy) is 2. The Balaban J connectivity index is 1.81. The van der Waals surface area contributed by atoms with Gasteiger partial charge in [-0.05, 0) is 37.5 Å². The summed E-state index contributed by atoms with van der Waals surface area (Å²) in [5.74, 6) is 1.76. The zero-order chi connectivity index (χ0) is 16.1. The van der Waals surface area contributed by atoms with Crippen molar-refractivity contribution in [1.29, 1.82) is 0 Å². The van der Waals surface area contributed by atoms with Crippen LogP contribution in [-0.4, -0.2) is 36.8 Å². The number of aromatic nitrogens is 2. The van der Waals surface area contributed by atoms with E-state index < -0.39 is 0 Å². The molecule has 5 nitrogen and oxygen atoms in total. The van der Waals surface area contributed by atoms with Gasteiger partial charge in [0.05, 0.1) is 7.11 Å². The lowest BCUT2D eigenvalue weighted by Gasteiger charge is -2.38. The number of anilines is 1. The third-order valence-electron chi connectivity index (χ3n) is 4.56. The van der Waals surface area contributed by atoms with Gasteiger partial charge >= 0.3 is 0 Å². The van der Waals surface area contributed by atoms with Crippen molar-refractivity contribution in [3.05, 3.63) is 47.9 Å². The van der Waals surface area contributed by atoms with Gasteiger partial charge in [-0.1, -0.05) is 12.1 Å². The summed E-state index contributed by atoms with van der Waals surface area (Å²) in [6.45, 7) is 4.38. The van der Waals surface area contributed by atoms with Gasteiger partial charge in [-0.2, -0.15) is 0 Å². The van der Waals surface area contributed by atoms with Crippen LogP contribution >= 0.6 is 0 Å². The van der Waals surface area contributed by atoms with Crippen LogP contribution in [0.3, 0.4) is 0 Å². The fraction of sp³-hybridized carbons (Fsp3) is 0.444. The third-order valence-corrected chi connectivity index (χ3v) is 4.56. The summed E-state index contributed by atoms with van der Waals surface area (Å²) in [5, 5.41) is 3.49. The summed E-state index contributed by atoms with van der Waals surface area (Å²) < 4.78 is 10.9. The molecule has 0 aliphatic carbocycles. The van der Waals surface area contributed by atoms with Gasteiger partial charge in [0.2, 0.25) is 0 Å². The first-order valence-electron chi connectivity index (χ1n) is 7.97. The summed E-state index contributed by atoms with van der Waals surface area (Å²) in [7, 11) is 1.69. The van der Waals surface area contributed by atoms with Crippen LogP contribution in [-0.2, 0) is 10.2 Å². The van der Waals surface area contributed by atoms with Crippen molar-refractivity contribution >= 4 is 5.82 Å². The summed E-state index contributed by atoms with van der Waals surface area (Å²) >= 11 is 0. The molecule has 122 valence electrons. The molecule has 0 spiro atoms. The molecule has 0 bridgehead atoms. The zero-order valence-electron chi connectivity index (χ0n) is 13.7. The fourth-order valence-corrected chi connectivity index (χ4v) is 3.09. The summed E-state index contributed by atoms with van der Waals surface area (Å²) in [6, 6.07) is 10.4. The Hall–Kier alpha value is -2.14. The van der Waals surface area contributed by atoms with Crippen LogP contribution in [0.15, 0.2) is 36.7 Å². The van der Waals surface area contributed by atoms with E-state index in [1.165, 1.54) is 5.56 Å². The number of methoxy groups -OCH3 is 1. The lowest BCUT2D eigenvalue weighted by molar-refractivity contribution is 0.0543. The molecule has 0 unspecified atom stereocenters. The number of hydrogen-bond acceptors (Lipinski definition) is 5. The fourth-order valence-electron chi connectivity index (χ4n) is 3.09. The monoisotopic (exact) mass is 313 g/mol. The number of aryl methyl sites for hydroxylation is 1. The summed E-state index contributed by atoms with van der Waals surface area (Å²) in [5.41, 5.74) is 2.34. The lowest BCUT2D eigenvalue weighted by atomic mass is 9.74. The van der Waals surface area contributed by atoms with Gasteiger partial charge in [0.1, 0.15) is 17.9 Å². The van der Waals surface area contributed by atoms with Crippen LogP contribution in [0.5, 0.6) is 5.75 Å². The van der Waals surface area contributed by atoms with Crippen LogP contribution in [0, 0.1) is 6.92 Å². The molecule has 1 N–H and O–H groups in total. The lowest BCUT2D eigenvalue weighted by Crippen LogP contribution is -2.40. The minimum atomic E-state index is 0.0589. The highest BCUT2D eigenvalue weighted by Gasteiger charge is 2.34. The Labute approximate surface area is 137 Å². The molecule has 5 heteroatoms. The molecule has 0 saturated carbocycles. The zero-order valence-corrected chi connectivity index (χ0v) is 13.7. The quantitative estimate of drug-likeness (QED) is 0.920. The predicted octanol–water partition coefficient (Wildman–Crippen LogP) is 2.95. The first-order chi connectivity index (χ1) is 11.2. The molecule has 2 aromatic rings. The van der Waals surface area contributed by atoms with Crippen molar-refractivity contribution < 1.29 is 9.47 Å². The van der Waals surface area contributed by atoms with Gasteiger partial charge in [0, 0.05) is 36.9 Å². The molecule has 0 radical (unpaired) electrons. The Bertz CT molecular complexity index is 637. The van der Waals surface area contributed by atoms with E-state index in [1.54, 1.807) is 13.4 Å². The Kier molecular flexibility index (Phi) is 4.76. The highest BCUT2D eigenvalue weighted by atomic mass is 16.5.